The van der Waals surface area contributed by atoms with Gasteiger partial charge in [-0.3, -0.25) is 14.3 Å². The van der Waals surface area contributed by atoms with Gasteiger partial charge in [-0.25, -0.2) is 13.4 Å². The average Bonchev–Trinajstić information content (AvgIpc) is 3.25. The van der Waals surface area contributed by atoms with Crippen LogP contribution in [0.4, 0.5) is 16.5 Å². The average molecular weight is 475 g/mol. The van der Waals surface area contributed by atoms with Crippen molar-refractivity contribution in [3.05, 3.63) is 60.1 Å². The molecule has 1 unspecified atom stereocenters. The Morgan fingerprint density at radius 2 is 1.84 bits per heavy atom. The van der Waals surface area contributed by atoms with Crippen LogP contribution >= 0.6 is 23.1 Å². The Labute approximate surface area is 187 Å². The number of thioether (sulfide) groups is 1. The van der Waals surface area contributed by atoms with Crippen LogP contribution in [0.1, 0.15) is 6.92 Å². The van der Waals surface area contributed by atoms with Gasteiger partial charge in [0.25, 0.3) is 15.9 Å². The maximum absolute atomic E-state index is 13.0. The molecule has 0 fully saturated rings. The summed E-state index contributed by atoms with van der Waals surface area (Å²) in [5, 5.41) is 4.66. The molecule has 0 saturated carbocycles. The SMILES string of the molecule is CN1C(=O)C(C)(C(=O)Nc2ccc(S(=O)(=O)Nc3nccs3)cc2)Sc2ccccc21. The fraction of sp³-hybridized carbons (Fsp3) is 0.150. The number of hydrogen-bond acceptors (Lipinski definition) is 7. The zero-order chi connectivity index (χ0) is 22.2. The number of benzene rings is 2. The van der Waals surface area contributed by atoms with Crippen LogP contribution in [0.5, 0.6) is 0 Å². The van der Waals surface area contributed by atoms with Crippen molar-refractivity contribution in [2.45, 2.75) is 21.5 Å². The third-order valence-corrected chi connectivity index (χ3v) is 8.27. The van der Waals surface area contributed by atoms with Gasteiger partial charge in [-0.1, -0.05) is 23.9 Å². The lowest BCUT2D eigenvalue weighted by Gasteiger charge is -2.36. The number of carbonyl (C=O) groups is 2. The van der Waals surface area contributed by atoms with Crippen LogP contribution in [0.25, 0.3) is 0 Å². The second-order valence-corrected chi connectivity index (χ2v) is 10.9. The van der Waals surface area contributed by atoms with E-state index in [1.807, 2.05) is 24.3 Å². The summed E-state index contributed by atoms with van der Waals surface area (Å²) in [6.07, 6.45) is 1.50. The van der Waals surface area contributed by atoms with E-state index in [0.717, 1.165) is 10.6 Å². The van der Waals surface area contributed by atoms with Gasteiger partial charge in [0.15, 0.2) is 9.88 Å². The van der Waals surface area contributed by atoms with E-state index in [2.05, 4.69) is 15.0 Å². The quantitative estimate of drug-likeness (QED) is 0.549. The second kappa shape index (κ2) is 7.98. The first kappa shape index (κ1) is 21.3. The molecule has 0 bridgehead atoms. The fourth-order valence-corrected chi connectivity index (χ4v) is 6.13. The van der Waals surface area contributed by atoms with Crippen LogP contribution in [0.2, 0.25) is 0 Å². The Hall–Kier alpha value is -2.89. The Morgan fingerprint density at radius 1 is 1.13 bits per heavy atom. The molecule has 31 heavy (non-hydrogen) atoms. The van der Waals surface area contributed by atoms with Crippen molar-refractivity contribution in [2.75, 3.05) is 22.0 Å². The smallest absolute Gasteiger partial charge is 0.263 e. The van der Waals surface area contributed by atoms with E-state index in [-0.39, 0.29) is 15.9 Å². The van der Waals surface area contributed by atoms with Crippen LogP contribution < -0.4 is 14.9 Å². The number of fused-ring (bicyclic) bond motifs is 1. The molecule has 0 aliphatic carbocycles. The first-order chi connectivity index (χ1) is 14.7. The molecule has 1 atom stereocenters. The number of carbonyl (C=O) groups excluding carboxylic acids is 2. The number of nitrogens with one attached hydrogen (secondary N) is 2. The lowest BCUT2D eigenvalue weighted by Crippen LogP contribution is -2.53. The van der Waals surface area contributed by atoms with Gasteiger partial charge in [-0.05, 0) is 43.3 Å². The molecule has 3 aromatic rings. The molecule has 0 radical (unpaired) electrons. The van der Waals surface area contributed by atoms with Crippen LogP contribution in [-0.2, 0) is 19.6 Å². The molecule has 8 nitrogen and oxygen atoms in total. The van der Waals surface area contributed by atoms with E-state index >= 15 is 0 Å². The van der Waals surface area contributed by atoms with Crippen molar-refractivity contribution in [1.29, 1.82) is 0 Å². The highest BCUT2D eigenvalue weighted by atomic mass is 32.2. The van der Waals surface area contributed by atoms with Gasteiger partial charge < -0.3 is 10.2 Å². The molecule has 2 heterocycles. The van der Waals surface area contributed by atoms with Crippen molar-refractivity contribution in [1.82, 2.24) is 4.98 Å². The maximum atomic E-state index is 13.0. The van der Waals surface area contributed by atoms with Gasteiger partial charge >= 0.3 is 0 Å². The summed E-state index contributed by atoms with van der Waals surface area (Å²) in [4.78, 5) is 32.2. The Kier molecular flexibility index (Phi) is 5.50. The fourth-order valence-electron chi connectivity index (χ4n) is 3.07. The topological polar surface area (TPSA) is 108 Å². The van der Waals surface area contributed by atoms with Crippen LogP contribution in [-0.4, -0.2) is 37.0 Å². The van der Waals surface area contributed by atoms with Crippen molar-refractivity contribution in [3.63, 3.8) is 0 Å². The van der Waals surface area contributed by atoms with E-state index in [9.17, 15) is 18.0 Å². The minimum absolute atomic E-state index is 0.0312. The Balaban J connectivity index is 1.52. The van der Waals surface area contributed by atoms with Gasteiger partial charge in [0.2, 0.25) is 5.91 Å². The van der Waals surface area contributed by atoms with Crippen molar-refractivity contribution in [2.24, 2.45) is 0 Å². The number of aromatic nitrogens is 1. The van der Waals surface area contributed by atoms with E-state index in [0.29, 0.717) is 5.69 Å². The predicted molar refractivity (Wildman–Crippen MR) is 122 cm³/mol. The Morgan fingerprint density at radius 3 is 2.52 bits per heavy atom. The maximum Gasteiger partial charge on any atom is 0.263 e. The van der Waals surface area contributed by atoms with Crippen LogP contribution in [0, 0.1) is 0 Å². The zero-order valence-corrected chi connectivity index (χ0v) is 19.0. The summed E-state index contributed by atoms with van der Waals surface area (Å²) in [6.45, 7) is 1.58. The number of amides is 2. The first-order valence-corrected chi connectivity index (χ1v) is 12.3. The van der Waals surface area contributed by atoms with Crippen molar-refractivity contribution in [3.8, 4) is 0 Å². The molecule has 0 saturated heterocycles. The number of para-hydroxylation sites is 1. The van der Waals surface area contributed by atoms with Crippen LogP contribution in [0.15, 0.2) is 69.9 Å². The molecule has 11 heteroatoms. The number of rotatable bonds is 5. The monoisotopic (exact) mass is 474 g/mol. The number of sulfonamides is 1. The largest absolute Gasteiger partial charge is 0.324 e. The first-order valence-electron chi connectivity index (χ1n) is 9.11. The standard InChI is InChI=1S/C20H18N4O4S3/c1-20(18(26)24(2)15-5-3-4-6-16(15)30-20)17(25)22-13-7-9-14(10-8-13)31(27,28)23-19-21-11-12-29-19/h3-12H,1-2H3,(H,21,23)(H,22,25). The highest BCUT2D eigenvalue weighted by Gasteiger charge is 2.48. The molecule has 2 N–H and O–H groups in total. The molecule has 0 spiro atoms. The van der Waals surface area contributed by atoms with Gasteiger partial charge in [0.05, 0.1) is 10.6 Å². The molecular formula is C20H18N4O4S3. The number of nitrogens with zero attached hydrogens (tertiary/aromatic N) is 2. The Bertz CT molecular complexity index is 1240. The highest BCUT2D eigenvalue weighted by Crippen LogP contribution is 2.45. The van der Waals surface area contributed by atoms with Gasteiger partial charge in [0, 0.05) is 29.2 Å². The molecular weight excluding hydrogens is 456 g/mol. The van der Waals surface area contributed by atoms with Gasteiger partial charge in [-0.15, -0.1) is 11.3 Å². The molecule has 1 aliphatic heterocycles. The van der Waals surface area contributed by atoms with Crippen molar-refractivity contribution >= 4 is 61.4 Å². The summed E-state index contributed by atoms with van der Waals surface area (Å²) in [5.74, 6) is -0.819. The number of anilines is 3. The zero-order valence-electron chi connectivity index (χ0n) is 16.5. The lowest BCUT2D eigenvalue weighted by molar-refractivity contribution is -0.128. The summed E-state index contributed by atoms with van der Waals surface area (Å²) >= 11 is 2.36. The molecule has 1 aliphatic rings. The van der Waals surface area contributed by atoms with E-state index < -0.39 is 20.7 Å². The third-order valence-electron chi connectivity index (χ3n) is 4.76. The summed E-state index contributed by atoms with van der Waals surface area (Å²) < 4.78 is 25.9. The molecule has 1 aromatic heterocycles. The van der Waals surface area contributed by atoms with E-state index in [1.165, 1.54) is 58.5 Å². The second-order valence-electron chi connectivity index (χ2n) is 6.89. The van der Waals surface area contributed by atoms with Crippen LogP contribution in [0.3, 0.4) is 0 Å². The minimum Gasteiger partial charge on any atom is -0.324 e. The van der Waals surface area contributed by atoms with Gasteiger partial charge in [-0.2, -0.15) is 0 Å². The molecule has 2 aromatic carbocycles. The van der Waals surface area contributed by atoms with E-state index in [1.54, 1.807) is 19.4 Å². The molecule has 2 amide bonds. The molecule has 160 valence electrons. The third kappa shape index (κ3) is 4.03. The summed E-state index contributed by atoms with van der Waals surface area (Å²) in [5.41, 5.74) is 1.14. The molecule has 4 rings (SSSR count). The summed E-state index contributed by atoms with van der Waals surface area (Å²) in [7, 11) is -2.15. The normalized spacial score (nSPS) is 18.4. The summed E-state index contributed by atoms with van der Waals surface area (Å²) in [6, 6.07) is 13.1. The predicted octanol–water partition coefficient (Wildman–Crippen LogP) is 3.41. The number of thiazole rings is 1. The van der Waals surface area contributed by atoms with E-state index in [4.69, 9.17) is 0 Å². The lowest BCUT2D eigenvalue weighted by atomic mass is 10.1. The minimum atomic E-state index is -3.79. The van der Waals surface area contributed by atoms with Crippen molar-refractivity contribution < 1.29 is 18.0 Å². The highest BCUT2D eigenvalue weighted by molar-refractivity contribution is 8.02. The van der Waals surface area contributed by atoms with Gasteiger partial charge in [0.1, 0.15) is 0 Å². The number of hydrogen-bond donors (Lipinski definition) is 2.